The minimum Gasteiger partial charge on any atom is -0.481 e. The molecular weight excluding hydrogens is 490 g/mol. The molecule has 1 saturated heterocycles. The Labute approximate surface area is 221 Å². The number of halogens is 2. The molecule has 5 rings (SSSR count). The third-order valence-electron chi connectivity index (χ3n) is 7.49. The van der Waals surface area contributed by atoms with Gasteiger partial charge >= 0.3 is 6.01 Å². The van der Waals surface area contributed by atoms with Crippen LogP contribution in [0, 0.1) is 17.1 Å². The summed E-state index contributed by atoms with van der Waals surface area (Å²) in [6.45, 7) is 8.88. The van der Waals surface area contributed by atoms with Crippen LogP contribution in [0.5, 0.6) is 11.9 Å². The lowest BCUT2D eigenvalue weighted by atomic mass is 9.97. The average Bonchev–Trinajstić information content (AvgIpc) is 3.66. The minimum atomic E-state index is -1.44. The highest BCUT2D eigenvalue weighted by molar-refractivity contribution is 5.88. The number of nitriles is 1. The van der Waals surface area contributed by atoms with Crippen LogP contribution in [0.3, 0.4) is 0 Å². The van der Waals surface area contributed by atoms with E-state index in [0.717, 1.165) is 13.1 Å². The van der Waals surface area contributed by atoms with E-state index in [4.69, 9.17) is 9.47 Å². The van der Waals surface area contributed by atoms with Crippen LogP contribution in [0.2, 0.25) is 0 Å². The van der Waals surface area contributed by atoms with E-state index in [1.165, 1.54) is 20.1 Å². The summed E-state index contributed by atoms with van der Waals surface area (Å²) >= 11 is 0. The van der Waals surface area contributed by atoms with Gasteiger partial charge in [-0.1, -0.05) is 18.2 Å². The molecule has 2 atom stereocenters. The van der Waals surface area contributed by atoms with Crippen LogP contribution in [0.25, 0.3) is 11.0 Å². The number of rotatable bonds is 9. The van der Waals surface area contributed by atoms with E-state index in [2.05, 4.69) is 45.1 Å². The molecule has 10 heteroatoms. The van der Waals surface area contributed by atoms with Crippen LogP contribution in [0.1, 0.15) is 69.4 Å². The number of nitrogens with zero attached hydrogens (tertiary/aromatic N) is 5. The lowest BCUT2D eigenvalue weighted by molar-refractivity contribution is -0.00467. The minimum absolute atomic E-state index is 0.00536. The Balaban J connectivity index is 1.55. The Morgan fingerprint density at radius 2 is 1.84 bits per heavy atom. The zero-order chi connectivity index (χ0) is 27.2. The Morgan fingerprint density at radius 1 is 1.13 bits per heavy atom. The predicted molar refractivity (Wildman–Crippen MR) is 139 cm³/mol. The topological polar surface area (TPSA) is 96.2 Å². The Bertz CT molecular complexity index is 1400. The van der Waals surface area contributed by atoms with Crippen LogP contribution >= 0.6 is 0 Å². The summed E-state index contributed by atoms with van der Waals surface area (Å²) in [6.07, 6.45) is -0.0756. The molecule has 1 N–H and O–H groups in total. The smallest absolute Gasteiger partial charge is 0.320 e. The van der Waals surface area contributed by atoms with E-state index in [-0.39, 0.29) is 17.7 Å². The molecule has 2 aromatic heterocycles. The number of likely N-dealkylation sites (tertiary alicyclic amines) is 1. The van der Waals surface area contributed by atoms with Crippen molar-refractivity contribution < 1.29 is 18.3 Å². The lowest BCUT2D eigenvalue weighted by Crippen LogP contribution is -2.56. The summed E-state index contributed by atoms with van der Waals surface area (Å²) < 4.78 is 40.8. The fraction of sp³-hybridized carbons (Fsp3) is 0.500. The zero-order valence-electron chi connectivity index (χ0n) is 22.3. The fourth-order valence-electron chi connectivity index (χ4n) is 4.85. The zero-order valence-corrected chi connectivity index (χ0v) is 22.3. The molecule has 2 fully saturated rings. The predicted octanol–water partition coefficient (Wildman–Crippen LogP) is 5.40. The molecule has 0 bridgehead atoms. The van der Waals surface area contributed by atoms with Gasteiger partial charge in [0, 0.05) is 35.8 Å². The SMILES string of the molecule is COc1nc2nc(OC3CN(C(C)C)C3)nc(N[C@H](C)c3cccc(C(C)F)c3F)c2cc1C1(C#N)CC1. The lowest BCUT2D eigenvalue weighted by Gasteiger charge is -2.41. The Morgan fingerprint density at radius 3 is 2.45 bits per heavy atom. The number of benzene rings is 1. The highest BCUT2D eigenvalue weighted by atomic mass is 19.1. The van der Waals surface area contributed by atoms with Gasteiger partial charge in [0.05, 0.1) is 30.0 Å². The van der Waals surface area contributed by atoms with E-state index in [1.54, 1.807) is 19.1 Å². The van der Waals surface area contributed by atoms with Gasteiger partial charge in [0.1, 0.15) is 23.9 Å². The molecule has 0 spiro atoms. The first-order valence-electron chi connectivity index (χ1n) is 12.9. The maximum absolute atomic E-state index is 15.2. The van der Waals surface area contributed by atoms with Gasteiger partial charge in [-0.3, -0.25) is 4.90 Å². The molecule has 8 nitrogen and oxygen atoms in total. The summed E-state index contributed by atoms with van der Waals surface area (Å²) in [5.74, 6) is 0.133. The number of ether oxygens (including phenoxy) is 2. The van der Waals surface area contributed by atoms with Crippen molar-refractivity contribution in [3.05, 3.63) is 46.8 Å². The largest absolute Gasteiger partial charge is 0.481 e. The molecule has 1 saturated carbocycles. The van der Waals surface area contributed by atoms with Crippen molar-refractivity contribution in [1.29, 1.82) is 5.26 Å². The molecule has 1 aliphatic heterocycles. The molecule has 3 aromatic rings. The van der Waals surface area contributed by atoms with Crippen molar-refractivity contribution in [2.45, 2.75) is 70.3 Å². The number of aromatic nitrogens is 3. The van der Waals surface area contributed by atoms with Gasteiger partial charge in [-0.25, -0.2) is 8.78 Å². The highest BCUT2D eigenvalue weighted by Crippen LogP contribution is 2.51. The van der Waals surface area contributed by atoms with Crippen molar-refractivity contribution in [2.75, 3.05) is 25.5 Å². The Kier molecular flexibility index (Phi) is 6.82. The van der Waals surface area contributed by atoms with Crippen molar-refractivity contribution in [3.8, 4) is 18.0 Å². The standard InChI is InChI=1S/C28H32F2N6O2/c1-15(2)36-12-18(13-36)38-27-34-24(32-17(4)20-8-6-7-19(16(3)29)23(20)30)21-11-22(28(14-31)9-10-28)26(37-5)33-25(21)35-27/h6-8,11,15-18H,9-10,12-13H2,1-5H3,(H,32,33,34,35)/t16?,17-/m1/s1. The van der Waals surface area contributed by atoms with Crippen LogP contribution in [-0.2, 0) is 5.41 Å². The summed E-state index contributed by atoms with van der Waals surface area (Å²) in [5, 5.41) is 13.7. The summed E-state index contributed by atoms with van der Waals surface area (Å²) in [4.78, 5) is 16.1. The first-order valence-corrected chi connectivity index (χ1v) is 12.9. The van der Waals surface area contributed by atoms with E-state index in [0.29, 0.717) is 52.7 Å². The molecular formula is C28H32F2N6O2. The van der Waals surface area contributed by atoms with Crippen LogP contribution < -0.4 is 14.8 Å². The highest BCUT2D eigenvalue weighted by Gasteiger charge is 2.48. The number of nitrogens with one attached hydrogen (secondary N) is 1. The second kappa shape index (κ2) is 9.95. The van der Waals surface area contributed by atoms with E-state index < -0.39 is 23.4 Å². The molecule has 2 aliphatic rings. The maximum atomic E-state index is 15.2. The van der Waals surface area contributed by atoms with Crippen LogP contribution in [0.15, 0.2) is 24.3 Å². The van der Waals surface area contributed by atoms with Gasteiger partial charge < -0.3 is 14.8 Å². The number of anilines is 1. The number of pyridine rings is 1. The fourth-order valence-corrected chi connectivity index (χ4v) is 4.85. The van der Waals surface area contributed by atoms with Crippen molar-refractivity contribution in [1.82, 2.24) is 19.9 Å². The second-order valence-corrected chi connectivity index (χ2v) is 10.5. The van der Waals surface area contributed by atoms with E-state index >= 15 is 4.39 Å². The summed E-state index contributed by atoms with van der Waals surface area (Å²) in [6, 6.07) is 8.93. The number of methoxy groups -OCH3 is 1. The molecule has 1 unspecified atom stereocenters. The number of fused-ring (bicyclic) bond motifs is 1. The van der Waals surface area contributed by atoms with Crippen LogP contribution in [0.4, 0.5) is 14.6 Å². The van der Waals surface area contributed by atoms with Gasteiger partial charge in [0.25, 0.3) is 0 Å². The van der Waals surface area contributed by atoms with Crippen LogP contribution in [-0.4, -0.2) is 52.2 Å². The molecule has 3 heterocycles. The van der Waals surface area contributed by atoms with Gasteiger partial charge in [-0.05, 0) is 46.6 Å². The van der Waals surface area contributed by atoms with Gasteiger partial charge in [0.2, 0.25) is 5.88 Å². The van der Waals surface area contributed by atoms with E-state index in [9.17, 15) is 9.65 Å². The van der Waals surface area contributed by atoms with Crippen molar-refractivity contribution in [2.24, 2.45) is 0 Å². The third-order valence-corrected chi connectivity index (χ3v) is 7.49. The van der Waals surface area contributed by atoms with Gasteiger partial charge in [0.15, 0.2) is 5.65 Å². The Hall–Kier alpha value is -3.58. The normalized spacial score (nSPS) is 18.5. The van der Waals surface area contributed by atoms with Crippen molar-refractivity contribution >= 4 is 16.9 Å². The quantitative estimate of drug-likeness (QED) is 0.399. The van der Waals surface area contributed by atoms with Gasteiger partial charge in [-0.2, -0.15) is 20.2 Å². The number of alkyl halides is 1. The molecule has 0 amide bonds. The van der Waals surface area contributed by atoms with Gasteiger partial charge in [-0.15, -0.1) is 0 Å². The molecule has 1 aliphatic carbocycles. The molecule has 38 heavy (non-hydrogen) atoms. The monoisotopic (exact) mass is 522 g/mol. The molecule has 0 radical (unpaired) electrons. The number of hydrogen-bond acceptors (Lipinski definition) is 8. The third kappa shape index (κ3) is 4.71. The molecule has 1 aromatic carbocycles. The molecule has 200 valence electrons. The number of hydrogen-bond donors (Lipinski definition) is 1. The second-order valence-electron chi connectivity index (χ2n) is 10.5. The average molecular weight is 523 g/mol. The summed E-state index contributed by atoms with van der Waals surface area (Å²) in [5.41, 5.74) is 0.671. The van der Waals surface area contributed by atoms with E-state index in [1.807, 2.05) is 6.07 Å². The summed E-state index contributed by atoms with van der Waals surface area (Å²) in [7, 11) is 1.52. The maximum Gasteiger partial charge on any atom is 0.320 e. The first kappa shape index (κ1) is 26.0. The first-order chi connectivity index (χ1) is 18.2. The van der Waals surface area contributed by atoms with Crippen molar-refractivity contribution in [3.63, 3.8) is 0 Å².